The fourth-order valence-electron chi connectivity index (χ4n) is 1.86. The third-order valence-corrected chi connectivity index (χ3v) is 4.97. The molecule has 0 spiro atoms. The molecule has 2 rings (SSSR count). The zero-order valence-electron chi connectivity index (χ0n) is 12.1. The van der Waals surface area contributed by atoms with E-state index < -0.39 is 11.0 Å². The quantitative estimate of drug-likeness (QED) is 0.640. The van der Waals surface area contributed by atoms with Crippen LogP contribution in [0.15, 0.2) is 57.2 Å². The van der Waals surface area contributed by atoms with E-state index in [4.69, 9.17) is 5.26 Å². The first-order valence-electron chi connectivity index (χ1n) is 6.60. The van der Waals surface area contributed by atoms with Gasteiger partial charge in [0, 0.05) is 10.6 Å². The number of nitrogens with zero attached hydrogens (tertiary/aromatic N) is 2. The second-order valence-electron chi connectivity index (χ2n) is 4.25. The number of hydrogen-bond donors (Lipinski definition) is 1. The molecule has 0 aliphatic carbocycles. The van der Waals surface area contributed by atoms with Gasteiger partial charge in [-0.2, -0.15) is 5.26 Å². The van der Waals surface area contributed by atoms with E-state index in [0.29, 0.717) is 16.1 Å². The standard InChI is InChI=1S/C16H15N3OS2/c1-3-21-15-9-8-13(10-14(15)18-2)19-22(20)16-7-5-4-6-12(16)11-17/h4-10,19H,2-3H2,1H3. The number of hydrogen-bond acceptors (Lipinski definition) is 4. The Kier molecular flexibility index (Phi) is 5.75. The summed E-state index contributed by atoms with van der Waals surface area (Å²) in [7, 11) is -1.51. The van der Waals surface area contributed by atoms with Crippen molar-refractivity contribution in [1.29, 1.82) is 5.26 Å². The molecule has 2 aromatic rings. The van der Waals surface area contributed by atoms with Gasteiger partial charge in [0.25, 0.3) is 0 Å². The third-order valence-electron chi connectivity index (χ3n) is 2.85. The molecule has 0 saturated heterocycles. The largest absolute Gasteiger partial charge is 0.301 e. The summed E-state index contributed by atoms with van der Waals surface area (Å²) in [4.78, 5) is 5.50. The summed E-state index contributed by atoms with van der Waals surface area (Å²) in [6.45, 7) is 5.64. The maximum Gasteiger partial charge on any atom is 0.151 e. The van der Waals surface area contributed by atoms with Gasteiger partial charge in [-0.1, -0.05) is 19.1 Å². The van der Waals surface area contributed by atoms with Crippen molar-refractivity contribution in [3.63, 3.8) is 0 Å². The first-order chi connectivity index (χ1) is 10.7. The number of anilines is 1. The molecular formula is C16H15N3OS2. The van der Waals surface area contributed by atoms with Crippen LogP contribution in [-0.2, 0) is 11.0 Å². The van der Waals surface area contributed by atoms with Crippen LogP contribution in [0.3, 0.4) is 0 Å². The molecule has 22 heavy (non-hydrogen) atoms. The van der Waals surface area contributed by atoms with E-state index >= 15 is 0 Å². The summed E-state index contributed by atoms with van der Waals surface area (Å²) in [6.07, 6.45) is 0. The van der Waals surface area contributed by atoms with Crippen LogP contribution >= 0.6 is 11.8 Å². The van der Waals surface area contributed by atoms with E-state index in [0.717, 1.165) is 16.3 Å². The molecule has 1 atom stereocenters. The topological polar surface area (TPSA) is 65.2 Å². The molecule has 0 aromatic heterocycles. The number of rotatable bonds is 6. The Hall–Kier alpha value is -2.10. The summed E-state index contributed by atoms with van der Waals surface area (Å²) < 4.78 is 15.3. The highest BCUT2D eigenvalue weighted by atomic mass is 32.2. The number of thioether (sulfide) groups is 1. The minimum absolute atomic E-state index is 0.397. The van der Waals surface area contributed by atoms with Gasteiger partial charge in [0.2, 0.25) is 0 Å². The van der Waals surface area contributed by atoms with Crippen LogP contribution in [0.25, 0.3) is 0 Å². The molecule has 6 heteroatoms. The average Bonchev–Trinajstić information content (AvgIpc) is 2.56. The average molecular weight is 329 g/mol. The molecule has 0 heterocycles. The lowest BCUT2D eigenvalue weighted by Gasteiger charge is -2.10. The van der Waals surface area contributed by atoms with E-state index in [9.17, 15) is 4.21 Å². The molecule has 2 aromatic carbocycles. The Bertz CT molecular complexity index is 753. The van der Waals surface area contributed by atoms with Gasteiger partial charge in [0.15, 0.2) is 11.0 Å². The van der Waals surface area contributed by atoms with Gasteiger partial charge in [0.1, 0.15) is 6.07 Å². The van der Waals surface area contributed by atoms with E-state index in [1.54, 1.807) is 42.1 Å². The van der Waals surface area contributed by atoms with Crippen LogP contribution in [0.5, 0.6) is 0 Å². The number of nitriles is 1. The Balaban J connectivity index is 2.25. The van der Waals surface area contributed by atoms with Crippen molar-refractivity contribution in [1.82, 2.24) is 0 Å². The van der Waals surface area contributed by atoms with Crippen molar-refractivity contribution in [2.45, 2.75) is 16.7 Å². The second-order valence-corrected chi connectivity index (χ2v) is 6.74. The highest BCUT2D eigenvalue weighted by molar-refractivity contribution is 7.99. The van der Waals surface area contributed by atoms with Crippen molar-refractivity contribution < 1.29 is 4.21 Å². The molecule has 0 bridgehead atoms. The maximum absolute atomic E-state index is 12.4. The summed E-state index contributed by atoms with van der Waals surface area (Å²) in [5.74, 6) is 0.941. The van der Waals surface area contributed by atoms with Gasteiger partial charge >= 0.3 is 0 Å². The maximum atomic E-state index is 12.4. The molecule has 0 saturated carbocycles. The van der Waals surface area contributed by atoms with E-state index in [-0.39, 0.29) is 0 Å². The summed E-state index contributed by atoms with van der Waals surface area (Å²) in [5.41, 5.74) is 1.82. The van der Waals surface area contributed by atoms with Crippen LogP contribution in [0.2, 0.25) is 0 Å². The predicted molar refractivity (Wildman–Crippen MR) is 93.2 cm³/mol. The van der Waals surface area contributed by atoms with Crippen molar-refractivity contribution in [2.24, 2.45) is 4.99 Å². The lowest BCUT2D eigenvalue weighted by Crippen LogP contribution is -2.06. The summed E-state index contributed by atoms with van der Waals surface area (Å²) in [5, 5.41) is 9.07. The van der Waals surface area contributed by atoms with Crippen molar-refractivity contribution in [3.8, 4) is 6.07 Å². The van der Waals surface area contributed by atoms with Gasteiger partial charge in [-0.3, -0.25) is 4.99 Å². The summed E-state index contributed by atoms with van der Waals surface area (Å²) >= 11 is 1.68. The fraction of sp³-hybridized carbons (Fsp3) is 0.125. The molecule has 4 nitrogen and oxygen atoms in total. The van der Waals surface area contributed by atoms with Gasteiger partial charge in [-0.05, 0) is 42.8 Å². The van der Waals surface area contributed by atoms with Crippen LogP contribution in [0.4, 0.5) is 11.4 Å². The molecule has 0 aliphatic rings. The minimum Gasteiger partial charge on any atom is -0.301 e. The Morgan fingerprint density at radius 2 is 2.14 bits per heavy atom. The highest BCUT2D eigenvalue weighted by Crippen LogP contribution is 2.32. The molecule has 0 amide bonds. The molecule has 1 N–H and O–H groups in total. The molecule has 112 valence electrons. The van der Waals surface area contributed by atoms with E-state index in [2.05, 4.69) is 23.4 Å². The van der Waals surface area contributed by atoms with Crippen LogP contribution in [0, 0.1) is 11.3 Å². The number of nitrogens with one attached hydrogen (secondary N) is 1. The SMILES string of the molecule is C=Nc1cc(NS(=O)c2ccccc2C#N)ccc1SCC. The van der Waals surface area contributed by atoms with Gasteiger partial charge in [-0.15, -0.1) is 11.8 Å². The zero-order valence-corrected chi connectivity index (χ0v) is 13.7. The third kappa shape index (κ3) is 3.75. The Morgan fingerprint density at radius 3 is 2.82 bits per heavy atom. The van der Waals surface area contributed by atoms with Crippen LogP contribution < -0.4 is 4.72 Å². The number of benzene rings is 2. The number of aliphatic imine (C=N–C) groups is 1. The second kappa shape index (κ2) is 7.78. The molecule has 1 unspecified atom stereocenters. The Morgan fingerprint density at radius 1 is 1.36 bits per heavy atom. The monoisotopic (exact) mass is 329 g/mol. The molecular weight excluding hydrogens is 314 g/mol. The lowest BCUT2D eigenvalue weighted by atomic mass is 10.2. The molecule has 0 fully saturated rings. The van der Waals surface area contributed by atoms with Gasteiger partial charge in [0.05, 0.1) is 16.1 Å². The first kappa shape index (κ1) is 16.3. The van der Waals surface area contributed by atoms with Crippen LogP contribution in [-0.4, -0.2) is 16.7 Å². The predicted octanol–water partition coefficient (Wildman–Crippen LogP) is 4.14. The minimum atomic E-state index is -1.51. The normalized spacial score (nSPS) is 11.5. The van der Waals surface area contributed by atoms with Crippen molar-refractivity contribution >= 4 is 40.8 Å². The summed E-state index contributed by atoms with van der Waals surface area (Å²) in [6, 6.07) is 14.4. The van der Waals surface area contributed by atoms with E-state index in [1.807, 2.05) is 18.2 Å². The smallest absolute Gasteiger partial charge is 0.151 e. The molecule has 0 aliphatic heterocycles. The van der Waals surface area contributed by atoms with Crippen molar-refractivity contribution in [2.75, 3.05) is 10.5 Å². The zero-order chi connectivity index (χ0) is 15.9. The van der Waals surface area contributed by atoms with E-state index in [1.165, 1.54) is 0 Å². The van der Waals surface area contributed by atoms with Gasteiger partial charge in [-0.25, -0.2) is 4.21 Å². The highest BCUT2D eigenvalue weighted by Gasteiger charge is 2.10. The van der Waals surface area contributed by atoms with Crippen molar-refractivity contribution in [3.05, 3.63) is 48.0 Å². The fourth-order valence-corrected chi connectivity index (χ4v) is 3.58. The van der Waals surface area contributed by atoms with Crippen LogP contribution in [0.1, 0.15) is 12.5 Å². The molecule has 0 radical (unpaired) electrons. The first-order valence-corrected chi connectivity index (χ1v) is 8.74. The lowest BCUT2D eigenvalue weighted by molar-refractivity contribution is 0.686. The van der Waals surface area contributed by atoms with Gasteiger partial charge < -0.3 is 4.72 Å². The Labute approximate surface area is 136 Å².